The van der Waals surface area contributed by atoms with Crippen LogP contribution in [0.15, 0.2) is 4.99 Å². The fraction of sp³-hybridized carbons (Fsp3) is 0.944. The van der Waals surface area contributed by atoms with Crippen LogP contribution >= 0.6 is 12.4 Å². The summed E-state index contributed by atoms with van der Waals surface area (Å²) < 4.78 is 11.5. The van der Waals surface area contributed by atoms with E-state index in [1.807, 2.05) is 0 Å². The molecule has 0 aliphatic carbocycles. The van der Waals surface area contributed by atoms with Gasteiger partial charge in [-0.05, 0) is 25.7 Å². The first-order chi connectivity index (χ1) is 22.3. The molecular formula is C36H75ClN4O6. The monoisotopic (exact) mass is 695 g/mol. The number of carboxylic acids is 1. The molecule has 10 nitrogen and oxygen atoms in total. The van der Waals surface area contributed by atoms with Crippen LogP contribution in [0, 0.1) is 0 Å². The smallest absolute Gasteiger partial charge is 0.320 e. The number of unbranched alkanes of at least 4 members (excludes halogenated alkanes) is 18. The lowest BCUT2D eigenvalue weighted by molar-refractivity contribution is -0.145. The van der Waals surface area contributed by atoms with Crippen molar-refractivity contribution in [3.8, 4) is 0 Å². The largest absolute Gasteiger partial charge is 0.480 e. The Morgan fingerprint density at radius 3 is 1.34 bits per heavy atom. The summed E-state index contributed by atoms with van der Waals surface area (Å²) in [5.41, 5.74) is 10.8. The molecule has 0 aromatic rings. The number of rotatable bonds is 36. The summed E-state index contributed by atoms with van der Waals surface area (Å²) in [6.45, 7) is 6.34. The molecule has 3 atom stereocenters. The third kappa shape index (κ3) is 33.1. The number of carbonyl (C=O) groups is 1. The molecule has 0 amide bonds. The summed E-state index contributed by atoms with van der Waals surface area (Å²) >= 11 is 0. The Morgan fingerprint density at radius 1 is 0.638 bits per heavy atom. The van der Waals surface area contributed by atoms with E-state index in [2.05, 4.69) is 18.8 Å². The number of nitrogens with two attached hydrogens (primary N) is 2. The van der Waals surface area contributed by atoms with Gasteiger partial charge in [0.05, 0.1) is 25.4 Å². The van der Waals surface area contributed by atoms with Crippen LogP contribution in [-0.4, -0.2) is 96.5 Å². The minimum atomic E-state index is -1.01. The summed E-state index contributed by atoms with van der Waals surface area (Å²) in [5.74, 6) is -1.05. The average molecular weight is 695 g/mol. The molecule has 11 heteroatoms. The Labute approximate surface area is 294 Å². The SMILES string of the molecule is CCCCCCCCCCCCOCC(O)CN(CC(O)COCCCCCCCCCCCC)[C@@H](CCCN=C(N)N)C(=O)O.Cl. The topological polar surface area (TPSA) is 164 Å². The molecule has 47 heavy (non-hydrogen) atoms. The highest BCUT2D eigenvalue weighted by Crippen LogP contribution is 2.14. The van der Waals surface area contributed by atoms with Gasteiger partial charge in [-0.15, -0.1) is 12.4 Å². The quantitative estimate of drug-likeness (QED) is 0.0269. The van der Waals surface area contributed by atoms with E-state index < -0.39 is 24.2 Å². The van der Waals surface area contributed by atoms with E-state index in [-0.39, 0.29) is 51.1 Å². The lowest BCUT2D eigenvalue weighted by atomic mass is 10.1. The normalized spacial score (nSPS) is 13.3. The van der Waals surface area contributed by atoms with E-state index in [1.54, 1.807) is 4.90 Å². The predicted octanol–water partition coefficient (Wildman–Crippen LogP) is 6.81. The molecule has 0 fully saturated rings. The Kier molecular flexibility index (Phi) is 36.8. The minimum absolute atomic E-state index is 0. The first-order valence-electron chi connectivity index (χ1n) is 18.9. The van der Waals surface area contributed by atoms with Crippen LogP contribution in [-0.2, 0) is 14.3 Å². The molecule has 0 spiro atoms. The zero-order chi connectivity index (χ0) is 34.1. The third-order valence-corrected chi connectivity index (χ3v) is 8.45. The fourth-order valence-electron chi connectivity index (χ4n) is 5.75. The molecule has 282 valence electrons. The van der Waals surface area contributed by atoms with Gasteiger partial charge in [-0.3, -0.25) is 14.7 Å². The Bertz CT molecular complexity index is 666. The summed E-state index contributed by atoms with van der Waals surface area (Å²) in [4.78, 5) is 17.8. The second kappa shape index (κ2) is 36.1. The molecular weight excluding hydrogens is 620 g/mol. The number of aliphatic carboxylic acids is 1. The molecule has 2 unspecified atom stereocenters. The van der Waals surface area contributed by atoms with Crippen LogP contribution in [0.2, 0.25) is 0 Å². The first kappa shape index (κ1) is 47.9. The molecule has 0 aliphatic rings. The lowest BCUT2D eigenvalue weighted by Crippen LogP contribution is -2.49. The number of aliphatic hydroxyl groups excluding tert-OH is 2. The van der Waals surface area contributed by atoms with Crippen LogP contribution in [0.1, 0.15) is 155 Å². The zero-order valence-electron chi connectivity index (χ0n) is 30.3. The third-order valence-electron chi connectivity index (χ3n) is 8.45. The van der Waals surface area contributed by atoms with Gasteiger partial charge in [0.2, 0.25) is 0 Å². The van der Waals surface area contributed by atoms with Crippen LogP contribution in [0.3, 0.4) is 0 Å². The average Bonchev–Trinajstić information content (AvgIpc) is 3.01. The van der Waals surface area contributed by atoms with Crippen molar-refractivity contribution in [1.29, 1.82) is 0 Å². The summed E-state index contributed by atoms with van der Waals surface area (Å²) in [5, 5.41) is 31.5. The fourth-order valence-corrected chi connectivity index (χ4v) is 5.75. The number of aliphatic imine (C=N–C) groups is 1. The summed E-state index contributed by atoms with van der Waals surface area (Å²) in [6.07, 6.45) is 23.9. The molecule has 0 rings (SSSR count). The highest BCUT2D eigenvalue weighted by molar-refractivity contribution is 5.85. The molecule has 0 aromatic heterocycles. The van der Waals surface area contributed by atoms with Crippen molar-refractivity contribution in [2.75, 3.05) is 46.1 Å². The number of hydrogen-bond acceptors (Lipinski definition) is 7. The standard InChI is InChI=1S/C36H74N4O6.ClH/c1-3-5-7-9-11-13-15-17-19-21-26-45-30-32(41)28-40(34(35(43)44)24-23-25-39-36(37)38)29-33(42)31-46-27-22-20-18-16-14-12-10-8-6-4-2;/h32-34,41-42H,3-31H2,1-2H3,(H,43,44)(H4,37,38,39);1H/t32?,33?,34-;/m0./s1. The van der Waals surface area contributed by atoms with Gasteiger partial charge in [0.1, 0.15) is 6.04 Å². The maximum atomic E-state index is 12.2. The van der Waals surface area contributed by atoms with Gasteiger partial charge < -0.3 is 36.3 Å². The number of hydrogen-bond donors (Lipinski definition) is 5. The number of guanidine groups is 1. The molecule has 0 saturated carbocycles. The zero-order valence-corrected chi connectivity index (χ0v) is 31.1. The minimum Gasteiger partial charge on any atom is -0.480 e. The molecule has 0 saturated heterocycles. The van der Waals surface area contributed by atoms with Crippen LogP contribution < -0.4 is 11.5 Å². The van der Waals surface area contributed by atoms with Crippen molar-refractivity contribution in [1.82, 2.24) is 4.90 Å². The van der Waals surface area contributed by atoms with Crippen molar-refractivity contribution in [2.24, 2.45) is 16.5 Å². The van der Waals surface area contributed by atoms with Crippen molar-refractivity contribution in [3.63, 3.8) is 0 Å². The van der Waals surface area contributed by atoms with Gasteiger partial charge in [-0.2, -0.15) is 0 Å². The highest BCUT2D eigenvalue weighted by Gasteiger charge is 2.29. The van der Waals surface area contributed by atoms with Crippen LogP contribution in [0.4, 0.5) is 0 Å². The molecule has 0 aromatic carbocycles. The maximum Gasteiger partial charge on any atom is 0.320 e. The van der Waals surface area contributed by atoms with E-state index in [9.17, 15) is 20.1 Å². The maximum absolute atomic E-state index is 12.2. The van der Waals surface area contributed by atoms with E-state index in [0.717, 1.165) is 25.7 Å². The molecule has 7 N–H and O–H groups in total. The van der Waals surface area contributed by atoms with Gasteiger partial charge >= 0.3 is 5.97 Å². The molecule has 0 aliphatic heterocycles. The lowest BCUT2D eigenvalue weighted by Gasteiger charge is -2.32. The van der Waals surface area contributed by atoms with Crippen LogP contribution in [0.5, 0.6) is 0 Å². The number of ether oxygens (including phenoxy) is 2. The van der Waals surface area contributed by atoms with Crippen molar-refractivity contribution in [2.45, 2.75) is 173 Å². The molecule has 0 bridgehead atoms. The highest BCUT2D eigenvalue weighted by atomic mass is 35.5. The van der Waals surface area contributed by atoms with Crippen LogP contribution in [0.25, 0.3) is 0 Å². The number of halogens is 1. The second-order valence-electron chi connectivity index (χ2n) is 13.1. The van der Waals surface area contributed by atoms with Gasteiger partial charge in [0.15, 0.2) is 5.96 Å². The van der Waals surface area contributed by atoms with Crippen molar-refractivity contribution in [3.05, 3.63) is 0 Å². The summed E-state index contributed by atoms with van der Waals surface area (Å²) in [6, 6.07) is -0.901. The first-order valence-corrected chi connectivity index (χ1v) is 18.9. The number of carboxylic acid groups (broad SMARTS) is 1. The van der Waals surface area contributed by atoms with E-state index in [0.29, 0.717) is 26.2 Å². The van der Waals surface area contributed by atoms with Gasteiger partial charge in [0, 0.05) is 32.8 Å². The second-order valence-corrected chi connectivity index (χ2v) is 13.1. The Morgan fingerprint density at radius 2 is 1.00 bits per heavy atom. The Hall–Kier alpha value is -1.17. The van der Waals surface area contributed by atoms with Gasteiger partial charge in [-0.1, -0.05) is 129 Å². The number of nitrogens with zero attached hydrogens (tertiary/aromatic N) is 2. The van der Waals surface area contributed by atoms with Crippen molar-refractivity contribution < 1.29 is 29.6 Å². The molecule has 0 radical (unpaired) electrons. The number of aliphatic hydroxyl groups is 2. The predicted molar refractivity (Wildman–Crippen MR) is 197 cm³/mol. The van der Waals surface area contributed by atoms with Gasteiger partial charge in [0.25, 0.3) is 0 Å². The Balaban J connectivity index is 0. The van der Waals surface area contributed by atoms with E-state index >= 15 is 0 Å². The molecule has 0 heterocycles. The van der Waals surface area contributed by atoms with E-state index in [1.165, 1.54) is 103 Å². The van der Waals surface area contributed by atoms with E-state index in [4.69, 9.17) is 20.9 Å². The van der Waals surface area contributed by atoms with Crippen molar-refractivity contribution >= 4 is 24.3 Å². The van der Waals surface area contributed by atoms with Gasteiger partial charge in [-0.25, -0.2) is 0 Å². The summed E-state index contributed by atoms with van der Waals surface area (Å²) in [7, 11) is 0.